The average molecular weight is 269 g/mol. The predicted octanol–water partition coefficient (Wildman–Crippen LogP) is 1.89. The van der Waals surface area contributed by atoms with Gasteiger partial charge in [-0.25, -0.2) is 9.78 Å². The molecule has 1 saturated carbocycles. The molecule has 1 aliphatic carbocycles. The number of methoxy groups -OCH3 is 1. The van der Waals surface area contributed by atoms with Crippen molar-refractivity contribution in [3.05, 3.63) is 17.3 Å². The molecule has 0 radical (unpaired) electrons. The molecule has 6 heteroatoms. The summed E-state index contributed by atoms with van der Waals surface area (Å²) in [5, 5.41) is 0. The molecule has 1 aliphatic rings. The third kappa shape index (κ3) is 3.78. The molecule has 1 heterocycles. The second kappa shape index (κ2) is 6.68. The Morgan fingerprint density at radius 1 is 1.42 bits per heavy atom. The van der Waals surface area contributed by atoms with Crippen LogP contribution in [0, 0.1) is 0 Å². The first-order valence-electron chi connectivity index (χ1n) is 6.49. The van der Waals surface area contributed by atoms with Gasteiger partial charge in [0.05, 0.1) is 25.5 Å². The highest BCUT2D eigenvalue weighted by molar-refractivity contribution is 5.87. The molecule has 1 fully saturated rings. The summed E-state index contributed by atoms with van der Waals surface area (Å²) in [6, 6.07) is 0. The van der Waals surface area contributed by atoms with E-state index in [0.717, 1.165) is 12.8 Å². The van der Waals surface area contributed by atoms with Gasteiger partial charge in [-0.15, -0.1) is 0 Å². The number of carbonyl (C=O) groups is 1. The van der Waals surface area contributed by atoms with E-state index in [-0.39, 0.29) is 12.4 Å². The maximum absolute atomic E-state index is 11.8. The topological polar surface area (TPSA) is 70.8 Å². The zero-order chi connectivity index (χ0) is 13.7. The fourth-order valence-electron chi connectivity index (χ4n) is 1.72. The Kier molecular flexibility index (Phi) is 4.93. The Balaban J connectivity index is 2.00. The first-order chi connectivity index (χ1) is 9.26. The van der Waals surface area contributed by atoms with Crippen molar-refractivity contribution in [3.63, 3.8) is 0 Å². The van der Waals surface area contributed by atoms with Crippen LogP contribution >= 0.6 is 0 Å². The summed E-state index contributed by atoms with van der Waals surface area (Å²) in [6.07, 6.45) is 2.09. The zero-order valence-corrected chi connectivity index (χ0v) is 11.3. The molecule has 0 saturated heterocycles. The molecular weight excluding hydrogens is 250 g/mol. The summed E-state index contributed by atoms with van der Waals surface area (Å²) in [6.45, 7) is 3.30. The maximum Gasteiger partial charge on any atom is 0.376 e. The van der Waals surface area contributed by atoms with Gasteiger partial charge in [0.15, 0.2) is 0 Å². The molecule has 19 heavy (non-hydrogen) atoms. The Morgan fingerprint density at radius 2 is 2.21 bits per heavy atom. The van der Waals surface area contributed by atoms with Gasteiger partial charge in [0.2, 0.25) is 11.7 Å². The van der Waals surface area contributed by atoms with Crippen LogP contribution in [0.2, 0.25) is 0 Å². The number of esters is 1. The van der Waals surface area contributed by atoms with E-state index in [9.17, 15) is 4.79 Å². The van der Waals surface area contributed by atoms with Crippen LogP contribution in [0.15, 0.2) is 4.42 Å². The van der Waals surface area contributed by atoms with Crippen LogP contribution in [0.25, 0.3) is 0 Å². The lowest BCUT2D eigenvalue weighted by Crippen LogP contribution is -2.05. The molecule has 6 nitrogen and oxygen atoms in total. The number of ether oxygens (including phenoxy) is 3. The quantitative estimate of drug-likeness (QED) is 0.530. The number of oxazole rings is 1. The van der Waals surface area contributed by atoms with Crippen molar-refractivity contribution in [2.24, 2.45) is 0 Å². The van der Waals surface area contributed by atoms with Crippen LogP contribution in [0.1, 0.15) is 47.8 Å². The summed E-state index contributed by atoms with van der Waals surface area (Å²) < 4.78 is 20.6. The van der Waals surface area contributed by atoms with Crippen LogP contribution in [0.3, 0.4) is 0 Å². The number of hydrogen-bond acceptors (Lipinski definition) is 6. The van der Waals surface area contributed by atoms with Crippen molar-refractivity contribution in [1.29, 1.82) is 0 Å². The summed E-state index contributed by atoms with van der Waals surface area (Å²) >= 11 is 0. The summed E-state index contributed by atoms with van der Waals surface area (Å²) in [4.78, 5) is 16.1. The molecule has 0 aliphatic heterocycles. The van der Waals surface area contributed by atoms with Crippen molar-refractivity contribution in [3.8, 4) is 0 Å². The van der Waals surface area contributed by atoms with Gasteiger partial charge in [-0.1, -0.05) is 0 Å². The Morgan fingerprint density at radius 3 is 2.84 bits per heavy atom. The van der Waals surface area contributed by atoms with E-state index in [4.69, 9.17) is 18.6 Å². The van der Waals surface area contributed by atoms with Gasteiger partial charge in [0.25, 0.3) is 0 Å². The fourth-order valence-corrected chi connectivity index (χ4v) is 1.72. The van der Waals surface area contributed by atoms with Gasteiger partial charge in [-0.05, 0) is 19.8 Å². The van der Waals surface area contributed by atoms with Crippen LogP contribution in [0.5, 0.6) is 0 Å². The number of carbonyl (C=O) groups excluding carboxylic acids is 1. The SMILES string of the molecule is CCOC(=O)c1oc(COCCOC)nc1C1CC1. The highest BCUT2D eigenvalue weighted by Gasteiger charge is 2.34. The lowest BCUT2D eigenvalue weighted by molar-refractivity contribution is 0.0437. The molecule has 1 aromatic rings. The average Bonchev–Trinajstić information content (AvgIpc) is 3.16. The molecule has 0 spiro atoms. The third-order valence-corrected chi connectivity index (χ3v) is 2.78. The van der Waals surface area contributed by atoms with Gasteiger partial charge in [-0.3, -0.25) is 0 Å². The highest BCUT2D eigenvalue weighted by atomic mass is 16.5. The van der Waals surface area contributed by atoms with Crippen molar-refractivity contribution in [1.82, 2.24) is 4.98 Å². The van der Waals surface area contributed by atoms with E-state index in [2.05, 4.69) is 4.98 Å². The van der Waals surface area contributed by atoms with Crippen molar-refractivity contribution in [2.75, 3.05) is 26.9 Å². The van der Waals surface area contributed by atoms with Crippen molar-refractivity contribution < 1.29 is 23.4 Å². The van der Waals surface area contributed by atoms with Crippen LogP contribution in [-0.4, -0.2) is 37.9 Å². The molecule has 0 N–H and O–H groups in total. The molecule has 106 valence electrons. The van der Waals surface area contributed by atoms with Crippen LogP contribution < -0.4 is 0 Å². The molecule has 0 unspecified atom stereocenters. The normalized spacial score (nSPS) is 14.6. The van der Waals surface area contributed by atoms with E-state index in [0.29, 0.717) is 37.3 Å². The van der Waals surface area contributed by atoms with Gasteiger partial charge >= 0.3 is 5.97 Å². The van der Waals surface area contributed by atoms with Gasteiger partial charge in [0.1, 0.15) is 6.61 Å². The zero-order valence-electron chi connectivity index (χ0n) is 11.3. The summed E-state index contributed by atoms with van der Waals surface area (Å²) in [5.74, 6) is 0.534. The Hall–Kier alpha value is -1.40. The van der Waals surface area contributed by atoms with Crippen LogP contribution in [0.4, 0.5) is 0 Å². The first-order valence-corrected chi connectivity index (χ1v) is 6.49. The van der Waals surface area contributed by atoms with Gasteiger partial charge in [-0.2, -0.15) is 0 Å². The molecular formula is C13H19NO5. The smallest absolute Gasteiger partial charge is 0.376 e. The third-order valence-electron chi connectivity index (χ3n) is 2.78. The standard InChI is InChI=1S/C13H19NO5/c1-3-18-13(15)12-11(9-4-5-9)14-10(19-12)8-17-7-6-16-2/h9H,3-8H2,1-2H3. The van der Waals surface area contributed by atoms with Gasteiger partial charge in [0, 0.05) is 13.0 Å². The monoisotopic (exact) mass is 269 g/mol. The van der Waals surface area contributed by atoms with E-state index in [1.54, 1.807) is 14.0 Å². The minimum Gasteiger partial charge on any atom is -0.460 e. The molecule has 0 bridgehead atoms. The van der Waals surface area contributed by atoms with E-state index >= 15 is 0 Å². The number of rotatable bonds is 8. The highest BCUT2D eigenvalue weighted by Crippen LogP contribution is 2.41. The summed E-state index contributed by atoms with van der Waals surface area (Å²) in [7, 11) is 1.61. The largest absolute Gasteiger partial charge is 0.460 e. The fraction of sp³-hybridized carbons (Fsp3) is 0.692. The minimum atomic E-state index is -0.444. The first kappa shape index (κ1) is 14.0. The molecule has 0 amide bonds. The van der Waals surface area contributed by atoms with E-state index in [1.807, 2.05) is 0 Å². The van der Waals surface area contributed by atoms with E-state index < -0.39 is 5.97 Å². The Bertz CT molecular complexity index is 425. The van der Waals surface area contributed by atoms with Gasteiger partial charge < -0.3 is 18.6 Å². The lowest BCUT2D eigenvalue weighted by atomic mass is 10.2. The van der Waals surface area contributed by atoms with Crippen molar-refractivity contribution >= 4 is 5.97 Å². The second-order valence-corrected chi connectivity index (χ2v) is 4.36. The molecule has 0 atom stereocenters. The predicted molar refractivity (Wildman–Crippen MR) is 66.0 cm³/mol. The van der Waals surface area contributed by atoms with Crippen LogP contribution in [-0.2, 0) is 20.8 Å². The second-order valence-electron chi connectivity index (χ2n) is 4.36. The van der Waals surface area contributed by atoms with E-state index in [1.165, 1.54) is 0 Å². The molecule has 1 aromatic heterocycles. The number of aromatic nitrogens is 1. The minimum absolute atomic E-state index is 0.231. The molecule has 0 aromatic carbocycles. The number of nitrogens with zero attached hydrogens (tertiary/aromatic N) is 1. The van der Waals surface area contributed by atoms with Crippen molar-refractivity contribution in [2.45, 2.75) is 32.3 Å². The summed E-state index contributed by atoms with van der Waals surface area (Å²) in [5.41, 5.74) is 0.712. The Labute approximate surface area is 112 Å². The maximum atomic E-state index is 11.8. The lowest BCUT2D eigenvalue weighted by Gasteiger charge is -2.00. The molecule has 2 rings (SSSR count). The number of hydrogen-bond donors (Lipinski definition) is 0.